The molecule has 2 aromatic rings. The van der Waals surface area contributed by atoms with E-state index in [4.69, 9.17) is 29.2 Å². The maximum absolute atomic E-state index is 8.92. The molecule has 0 aliphatic rings. The number of hydrogen-bond donors (Lipinski definition) is 1. The molecule has 0 saturated heterocycles. The van der Waals surface area contributed by atoms with Crippen molar-refractivity contribution in [2.45, 2.75) is 38.1 Å². The highest BCUT2D eigenvalue weighted by Gasteiger charge is 2.26. The van der Waals surface area contributed by atoms with Crippen LogP contribution in [0.3, 0.4) is 0 Å². The van der Waals surface area contributed by atoms with Gasteiger partial charge in [0.15, 0.2) is 0 Å². The second-order valence-corrected chi connectivity index (χ2v) is 8.06. The van der Waals surface area contributed by atoms with E-state index in [1.54, 1.807) is 11.9 Å². The Hall–Kier alpha value is -1.18. The number of aliphatic hydroxyl groups excluding tert-OH is 1. The molecule has 2 aromatic carbocycles. The first-order chi connectivity index (χ1) is 14.1. The summed E-state index contributed by atoms with van der Waals surface area (Å²) in [4.78, 5) is 0. The summed E-state index contributed by atoms with van der Waals surface area (Å²) in [6.45, 7) is 0.963. The minimum absolute atomic E-state index is 0.156. The SMILES string of the molecule is [B]c1ccc(C(c2ccccc2N(C)SC)N(CCCCCCCO)OCl)cc1. The molecular formula is C22H30BClN2O2S. The summed E-state index contributed by atoms with van der Waals surface area (Å²) in [6.07, 6.45) is 7.08. The third-order valence-electron chi connectivity index (χ3n) is 5.01. The lowest BCUT2D eigenvalue weighted by Crippen LogP contribution is -2.29. The Morgan fingerprint density at radius 3 is 2.34 bits per heavy atom. The van der Waals surface area contributed by atoms with Gasteiger partial charge in [-0.15, -0.1) is 0 Å². The van der Waals surface area contributed by atoms with E-state index in [1.807, 2.05) is 41.5 Å². The van der Waals surface area contributed by atoms with Gasteiger partial charge >= 0.3 is 0 Å². The number of para-hydroxylation sites is 1. The molecule has 1 unspecified atom stereocenters. The van der Waals surface area contributed by atoms with Crippen LogP contribution < -0.4 is 9.77 Å². The first kappa shape index (κ1) is 24.1. The molecular weight excluding hydrogens is 403 g/mol. The van der Waals surface area contributed by atoms with Crippen molar-refractivity contribution in [2.75, 3.05) is 30.8 Å². The number of hydroxylamine groups is 2. The van der Waals surface area contributed by atoms with Crippen molar-refractivity contribution >= 4 is 42.8 Å². The van der Waals surface area contributed by atoms with Crippen molar-refractivity contribution in [1.82, 2.24) is 5.06 Å². The lowest BCUT2D eigenvalue weighted by Gasteiger charge is -2.32. The highest BCUT2D eigenvalue weighted by atomic mass is 35.5. The third kappa shape index (κ3) is 7.23. The van der Waals surface area contributed by atoms with Crippen molar-refractivity contribution in [1.29, 1.82) is 0 Å². The largest absolute Gasteiger partial charge is 0.396 e. The highest BCUT2D eigenvalue weighted by Crippen LogP contribution is 2.37. The van der Waals surface area contributed by atoms with Crippen LogP contribution in [0.5, 0.6) is 0 Å². The number of rotatable bonds is 13. The first-order valence-corrected chi connectivity index (χ1v) is 11.5. The van der Waals surface area contributed by atoms with Crippen molar-refractivity contribution in [2.24, 2.45) is 0 Å². The molecule has 0 spiro atoms. The number of nitrogens with zero attached hydrogens (tertiary/aromatic N) is 2. The molecule has 0 saturated carbocycles. The summed E-state index contributed by atoms with van der Waals surface area (Å²) in [5.74, 6) is 0. The van der Waals surface area contributed by atoms with Crippen molar-refractivity contribution < 1.29 is 9.50 Å². The minimum Gasteiger partial charge on any atom is -0.396 e. The smallest absolute Gasteiger partial charge is 0.113 e. The average Bonchev–Trinajstić information content (AvgIpc) is 2.76. The minimum atomic E-state index is -0.156. The van der Waals surface area contributed by atoms with E-state index in [9.17, 15) is 0 Å². The van der Waals surface area contributed by atoms with Crippen LogP contribution in [0.4, 0.5) is 5.69 Å². The monoisotopic (exact) mass is 432 g/mol. The molecule has 0 bridgehead atoms. The Morgan fingerprint density at radius 2 is 1.69 bits per heavy atom. The molecule has 7 heteroatoms. The molecule has 2 rings (SSSR count). The Balaban J connectivity index is 2.29. The van der Waals surface area contributed by atoms with Gasteiger partial charge in [0.25, 0.3) is 0 Å². The van der Waals surface area contributed by atoms with E-state index in [0.29, 0.717) is 6.54 Å². The van der Waals surface area contributed by atoms with E-state index in [0.717, 1.165) is 54.4 Å². The summed E-state index contributed by atoms with van der Waals surface area (Å²) in [5, 5.41) is 10.8. The number of unbranched alkanes of at least 4 members (excludes halogenated alkanes) is 4. The zero-order valence-corrected chi connectivity index (χ0v) is 18.8. The fourth-order valence-electron chi connectivity index (χ4n) is 3.40. The van der Waals surface area contributed by atoms with Gasteiger partial charge in [0.05, 0.1) is 23.6 Å². The van der Waals surface area contributed by atoms with Crippen LogP contribution >= 0.6 is 23.8 Å². The number of halogens is 1. The Morgan fingerprint density at radius 1 is 1.03 bits per heavy atom. The van der Waals surface area contributed by atoms with Crippen LogP contribution in [-0.2, 0) is 4.39 Å². The lowest BCUT2D eigenvalue weighted by molar-refractivity contribution is -0.0792. The molecule has 2 radical (unpaired) electrons. The van der Waals surface area contributed by atoms with E-state index in [2.05, 4.69) is 29.7 Å². The summed E-state index contributed by atoms with van der Waals surface area (Å²) < 4.78 is 7.50. The van der Waals surface area contributed by atoms with Crippen LogP contribution in [0.15, 0.2) is 48.5 Å². The topological polar surface area (TPSA) is 35.9 Å². The van der Waals surface area contributed by atoms with Crippen molar-refractivity contribution in [3.8, 4) is 0 Å². The number of anilines is 1. The summed E-state index contributed by atoms with van der Waals surface area (Å²) >= 11 is 7.63. The van der Waals surface area contributed by atoms with Gasteiger partial charge in [-0.2, -0.15) is 9.45 Å². The van der Waals surface area contributed by atoms with E-state index in [-0.39, 0.29) is 12.6 Å². The molecule has 0 amide bonds. The molecule has 4 nitrogen and oxygen atoms in total. The molecule has 156 valence electrons. The Bertz CT molecular complexity index is 720. The first-order valence-electron chi connectivity index (χ1n) is 10.0. The standard InChI is InChI=1S/C22H30BClN2O2S/c1-25(29-2)21-11-7-6-10-20(21)22(18-12-14-19(23)15-13-18)26(28-24)16-8-4-3-5-9-17-27/h6-7,10-15,22,27H,3-5,8-9,16-17H2,1-2H3. The van der Waals surface area contributed by atoms with E-state index >= 15 is 0 Å². The summed E-state index contributed by atoms with van der Waals surface area (Å²) in [5.41, 5.74) is 4.03. The van der Waals surface area contributed by atoms with Gasteiger partial charge in [0, 0.05) is 32.0 Å². The van der Waals surface area contributed by atoms with E-state index in [1.165, 1.54) is 0 Å². The fourth-order valence-corrected chi connectivity index (χ4v) is 3.91. The van der Waals surface area contributed by atoms with Gasteiger partial charge in [-0.3, -0.25) is 0 Å². The fraction of sp³-hybridized carbons (Fsp3) is 0.455. The predicted octanol–water partition coefficient (Wildman–Crippen LogP) is 4.61. The van der Waals surface area contributed by atoms with Gasteiger partial charge in [-0.1, -0.05) is 79.1 Å². The number of hydrogen-bond acceptors (Lipinski definition) is 5. The van der Waals surface area contributed by atoms with Gasteiger partial charge in [0.2, 0.25) is 0 Å². The number of aliphatic hydroxyl groups is 1. The second kappa shape index (κ2) is 13.2. The zero-order chi connectivity index (χ0) is 21.1. The van der Waals surface area contributed by atoms with Crippen LogP contribution in [0.1, 0.15) is 49.3 Å². The molecule has 0 aliphatic heterocycles. The van der Waals surface area contributed by atoms with Gasteiger partial charge in [-0.25, -0.2) is 0 Å². The van der Waals surface area contributed by atoms with Crippen LogP contribution in [0, 0.1) is 0 Å². The average molecular weight is 433 g/mol. The summed E-state index contributed by atoms with van der Waals surface area (Å²) in [7, 11) is 7.96. The van der Waals surface area contributed by atoms with Crippen molar-refractivity contribution in [3.63, 3.8) is 0 Å². The Kier molecular flexibility index (Phi) is 11.0. The van der Waals surface area contributed by atoms with Crippen molar-refractivity contribution in [3.05, 3.63) is 59.7 Å². The zero-order valence-electron chi connectivity index (χ0n) is 17.3. The van der Waals surface area contributed by atoms with Gasteiger partial charge in [-0.05, 0) is 24.5 Å². The van der Waals surface area contributed by atoms with Crippen LogP contribution in [0.25, 0.3) is 0 Å². The molecule has 0 aliphatic carbocycles. The molecule has 0 aromatic heterocycles. The molecule has 1 N–H and O–H groups in total. The summed E-state index contributed by atoms with van der Waals surface area (Å²) in [6, 6.07) is 16.0. The normalized spacial score (nSPS) is 12.3. The predicted molar refractivity (Wildman–Crippen MR) is 126 cm³/mol. The highest BCUT2D eigenvalue weighted by molar-refractivity contribution is 7.99. The third-order valence-corrected chi connectivity index (χ3v) is 5.93. The maximum Gasteiger partial charge on any atom is 0.113 e. The second-order valence-electron chi connectivity index (χ2n) is 7.01. The van der Waals surface area contributed by atoms with E-state index < -0.39 is 0 Å². The molecule has 1 atom stereocenters. The molecule has 0 heterocycles. The molecule has 0 fully saturated rings. The number of benzene rings is 2. The Labute approximate surface area is 185 Å². The van der Waals surface area contributed by atoms with Gasteiger partial charge in [0.1, 0.15) is 7.85 Å². The molecule has 29 heavy (non-hydrogen) atoms. The van der Waals surface area contributed by atoms with Crippen LogP contribution in [0.2, 0.25) is 0 Å². The quantitative estimate of drug-likeness (QED) is 0.216. The van der Waals surface area contributed by atoms with Crippen LogP contribution in [-0.4, -0.2) is 44.5 Å². The van der Waals surface area contributed by atoms with Gasteiger partial charge < -0.3 is 9.41 Å². The lowest BCUT2D eigenvalue weighted by atomic mass is 9.91. The maximum atomic E-state index is 8.92.